The number of aromatic nitrogens is 1. The zero-order valence-electron chi connectivity index (χ0n) is 17.7. The fraction of sp³-hybridized carbons (Fsp3) is 0.333. The summed E-state index contributed by atoms with van der Waals surface area (Å²) >= 11 is 1.32. The molecule has 1 aliphatic rings. The van der Waals surface area contributed by atoms with Crippen molar-refractivity contribution in [3.8, 4) is 11.5 Å². The van der Waals surface area contributed by atoms with E-state index in [9.17, 15) is 13.2 Å². The smallest absolute Gasteiger partial charge is 0.279 e. The predicted octanol–water partition coefficient (Wildman–Crippen LogP) is 2.78. The second-order valence-corrected chi connectivity index (χ2v) is 10.3. The molecule has 31 heavy (non-hydrogen) atoms. The van der Waals surface area contributed by atoms with Gasteiger partial charge in [-0.1, -0.05) is 11.3 Å². The second-order valence-electron chi connectivity index (χ2n) is 7.29. The number of fused-ring (bicyclic) bond motifs is 1. The van der Waals surface area contributed by atoms with E-state index in [0.717, 1.165) is 23.1 Å². The lowest BCUT2D eigenvalue weighted by atomic mass is 10.2. The van der Waals surface area contributed by atoms with Crippen LogP contribution in [0.4, 0.5) is 0 Å². The average Bonchev–Trinajstić information content (AvgIpc) is 3.57. The van der Waals surface area contributed by atoms with Crippen molar-refractivity contribution < 1.29 is 22.7 Å². The highest BCUT2D eigenvalue weighted by Crippen LogP contribution is 2.34. The highest BCUT2D eigenvalue weighted by atomic mass is 32.2. The number of carbonyl (C=O) groups excluding carboxylic acids is 1. The standard InChI is InChI=1S/C21H23N3O5S2/c1-23-18-16(28-3)11-12-17(29-4)19(18)30-21(23)22-20(25)13-5-9-15(10-6-13)31(26,27)24(2)14-7-8-14/h5-6,9-12,14H,7-8H2,1-4H3. The summed E-state index contributed by atoms with van der Waals surface area (Å²) in [5, 5.41) is 0. The van der Waals surface area contributed by atoms with Gasteiger partial charge in [0.25, 0.3) is 5.91 Å². The third kappa shape index (κ3) is 3.86. The fourth-order valence-electron chi connectivity index (χ4n) is 3.35. The Bertz CT molecular complexity index is 1320. The summed E-state index contributed by atoms with van der Waals surface area (Å²) in [7, 11) is 3.00. The molecule has 2 aromatic carbocycles. The van der Waals surface area contributed by atoms with Gasteiger partial charge in [-0.15, -0.1) is 0 Å². The number of hydrogen-bond acceptors (Lipinski definition) is 6. The lowest BCUT2D eigenvalue weighted by molar-refractivity contribution is 0.0998. The molecule has 0 unspecified atom stereocenters. The van der Waals surface area contributed by atoms with Crippen LogP contribution in [0.5, 0.6) is 11.5 Å². The molecule has 0 saturated heterocycles. The molecule has 1 aliphatic carbocycles. The van der Waals surface area contributed by atoms with Gasteiger partial charge in [-0.25, -0.2) is 8.42 Å². The van der Waals surface area contributed by atoms with Crippen molar-refractivity contribution in [2.75, 3.05) is 21.3 Å². The summed E-state index contributed by atoms with van der Waals surface area (Å²) in [6.45, 7) is 0. The topological polar surface area (TPSA) is 90.2 Å². The largest absolute Gasteiger partial charge is 0.495 e. The van der Waals surface area contributed by atoms with Gasteiger partial charge in [0.05, 0.1) is 19.1 Å². The van der Waals surface area contributed by atoms with Gasteiger partial charge in [-0.05, 0) is 49.2 Å². The monoisotopic (exact) mass is 461 g/mol. The van der Waals surface area contributed by atoms with Gasteiger partial charge >= 0.3 is 0 Å². The van der Waals surface area contributed by atoms with Crippen LogP contribution in [0.2, 0.25) is 0 Å². The maximum Gasteiger partial charge on any atom is 0.279 e. The lowest BCUT2D eigenvalue weighted by Gasteiger charge is -2.16. The molecule has 0 bridgehead atoms. The van der Waals surface area contributed by atoms with Crippen LogP contribution in [-0.4, -0.2) is 50.5 Å². The SMILES string of the molecule is COc1ccc(OC)c2c1sc(=NC(=O)c1ccc(S(=O)(=O)N(C)C3CC3)cc1)n2C. The molecule has 4 rings (SSSR count). The van der Waals surface area contributed by atoms with Gasteiger partial charge in [0.15, 0.2) is 4.80 Å². The summed E-state index contributed by atoms with van der Waals surface area (Å²) in [6.07, 6.45) is 1.76. The molecule has 10 heteroatoms. The van der Waals surface area contributed by atoms with Crippen LogP contribution < -0.4 is 14.3 Å². The van der Waals surface area contributed by atoms with E-state index in [0.29, 0.717) is 21.9 Å². The average molecular weight is 462 g/mol. The highest BCUT2D eigenvalue weighted by molar-refractivity contribution is 7.89. The number of methoxy groups -OCH3 is 2. The van der Waals surface area contributed by atoms with Crippen LogP contribution in [0.25, 0.3) is 10.2 Å². The Morgan fingerprint density at radius 1 is 1.10 bits per heavy atom. The molecule has 8 nitrogen and oxygen atoms in total. The van der Waals surface area contributed by atoms with Crippen molar-refractivity contribution in [1.82, 2.24) is 8.87 Å². The predicted molar refractivity (Wildman–Crippen MR) is 118 cm³/mol. The van der Waals surface area contributed by atoms with Gasteiger partial charge in [0, 0.05) is 25.7 Å². The van der Waals surface area contributed by atoms with Crippen LogP contribution in [0, 0.1) is 0 Å². The number of benzene rings is 2. The molecule has 0 atom stereocenters. The molecular formula is C21H23N3O5S2. The Morgan fingerprint density at radius 3 is 2.29 bits per heavy atom. The van der Waals surface area contributed by atoms with Crippen LogP contribution in [-0.2, 0) is 17.1 Å². The van der Waals surface area contributed by atoms with E-state index in [1.807, 2.05) is 0 Å². The van der Waals surface area contributed by atoms with E-state index in [-0.39, 0.29) is 10.9 Å². The van der Waals surface area contributed by atoms with E-state index in [1.165, 1.54) is 39.9 Å². The van der Waals surface area contributed by atoms with Crippen LogP contribution >= 0.6 is 11.3 Å². The van der Waals surface area contributed by atoms with Gasteiger partial charge in [0.2, 0.25) is 10.0 Å². The number of thiazole rings is 1. The normalized spacial score (nSPS) is 14.9. The Balaban J connectivity index is 1.69. The molecule has 164 valence electrons. The molecule has 0 spiro atoms. The van der Waals surface area contributed by atoms with Gasteiger partial charge in [-0.2, -0.15) is 9.30 Å². The van der Waals surface area contributed by atoms with Crippen LogP contribution in [0.15, 0.2) is 46.3 Å². The number of nitrogens with zero attached hydrogens (tertiary/aromatic N) is 3. The van der Waals surface area contributed by atoms with Crippen molar-refractivity contribution in [3.63, 3.8) is 0 Å². The molecule has 1 aromatic heterocycles. The minimum absolute atomic E-state index is 0.0725. The molecule has 1 heterocycles. The number of hydrogen-bond donors (Lipinski definition) is 0. The van der Waals surface area contributed by atoms with Crippen molar-refractivity contribution in [2.45, 2.75) is 23.8 Å². The highest BCUT2D eigenvalue weighted by Gasteiger charge is 2.35. The summed E-state index contributed by atoms with van der Waals surface area (Å²) in [6, 6.07) is 9.57. The first-order valence-electron chi connectivity index (χ1n) is 9.65. The van der Waals surface area contributed by atoms with Gasteiger partial charge < -0.3 is 14.0 Å². The number of aryl methyl sites for hydroxylation is 1. The number of sulfonamides is 1. The Morgan fingerprint density at radius 2 is 1.71 bits per heavy atom. The molecule has 1 saturated carbocycles. The Kier molecular flexibility index (Phi) is 5.63. The van der Waals surface area contributed by atoms with Crippen molar-refractivity contribution >= 4 is 37.5 Å². The molecule has 0 radical (unpaired) electrons. The summed E-state index contributed by atoms with van der Waals surface area (Å²) < 4.78 is 40.1. The number of carbonyl (C=O) groups is 1. The van der Waals surface area contributed by atoms with E-state index >= 15 is 0 Å². The first-order valence-corrected chi connectivity index (χ1v) is 11.9. The molecule has 1 fully saturated rings. The summed E-state index contributed by atoms with van der Waals surface area (Å²) in [5.74, 6) is 0.858. The Hall–Kier alpha value is -2.69. The summed E-state index contributed by atoms with van der Waals surface area (Å²) in [4.78, 5) is 17.7. The maximum absolute atomic E-state index is 12.8. The molecular weight excluding hydrogens is 438 g/mol. The zero-order chi connectivity index (χ0) is 22.3. The molecule has 0 N–H and O–H groups in total. The quantitative estimate of drug-likeness (QED) is 0.563. The lowest BCUT2D eigenvalue weighted by Crippen LogP contribution is -2.28. The van der Waals surface area contributed by atoms with Crippen molar-refractivity contribution in [1.29, 1.82) is 0 Å². The van der Waals surface area contributed by atoms with Gasteiger partial charge in [-0.3, -0.25) is 4.79 Å². The van der Waals surface area contributed by atoms with E-state index in [2.05, 4.69) is 4.99 Å². The molecule has 3 aromatic rings. The first kappa shape index (κ1) is 21.5. The maximum atomic E-state index is 12.8. The number of amides is 1. The van der Waals surface area contributed by atoms with E-state index in [4.69, 9.17) is 9.47 Å². The third-order valence-corrected chi connectivity index (χ3v) is 8.42. The minimum atomic E-state index is -3.55. The zero-order valence-corrected chi connectivity index (χ0v) is 19.3. The first-order chi connectivity index (χ1) is 14.8. The van der Waals surface area contributed by atoms with Gasteiger partial charge in [0.1, 0.15) is 21.7 Å². The third-order valence-electron chi connectivity index (χ3n) is 5.35. The van der Waals surface area contributed by atoms with Crippen LogP contribution in [0.3, 0.4) is 0 Å². The number of rotatable bonds is 6. The van der Waals surface area contributed by atoms with Crippen molar-refractivity contribution in [2.24, 2.45) is 12.0 Å². The number of ether oxygens (including phenoxy) is 2. The van der Waals surface area contributed by atoms with E-state index < -0.39 is 15.9 Å². The summed E-state index contributed by atoms with van der Waals surface area (Å²) in [5.41, 5.74) is 1.09. The fourth-order valence-corrected chi connectivity index (χ4v) is 5.89. The molecule has 1 amide bonds. The van der Waals surface area contributed by atoms with E-state index in [1.54, 1.807) is 45.0 Å². The van der Waals surface area contributed by atoms with Crippen molar-refractivity contribution in [3.05, 3.63) is 46.8 Å². The second kappa shape index (κ2) is 8.10. The Labute approximate surface area is 184 Å². The van der Waals surface area contributed by atoms with Crippen LogP contribution in [0.1, 0.15) is 23.2 Å². The molecule has 0 aliphatic heterocycles. The minimum Gasteiger partial charge on any atom is -0.495 e.